The van der Waals surface area contributed by atoms with E-state index in [9.17, 15) is 22.4 Å². The fourth-order valence-corrected chi connectivity index (χ4v) is 2.52. The number of anilines is 1. The second-order valence-electron chi connectivity index (χ2n) is 5.75. The van der Waals surface area contributed by atoms with Gasteiger partial charge < -0.3 is 5.32 Å². The molecule has 11 heteroatoms. The highest BCUT2D eigenvalue weighted by Crippen LogP contribution is 2.27. The summed E-state index contributed by atoms with van der Waals surface area (Å²) in [5.74, 6) is -1.39. The highest BCUT2D eigenvalue weighted by atomic mass is 19.4. The van der Waals surface area contributed by atoms with Crippen molar-refractivity contribution in [2.75, 3.05) is 18.5 Å². The van der Waals surface area contributed by atoms with Gasteiger partial charge in [0.1, 0.15) is 18.3 Å². The summed E-state index contributed by atoms with van der Waals surface area (Å²) in [5.41, 5.74) is 0.497. The molecule has 0 spiro atoms. The summed E-state index contributed by atoms with van der Waals surface area (Å²) in [7, 11) is 1.48. The summed E-state index contributed by atoms with van der Waals surface area (Å²) in [4.78, 5) is 28.1. The van der Waals surface area contributed by atoms with Crippen molar-refractivity contribution in [2.24, 2.45) is 0 Å². The van der Waals surface area contributed by atoms with Gasteiger partial charge in [0.25, 0.3) is 0 Å². The Hall–Kier alpha value is -2.69. The summed E-state index contributed by atoms with van der Waals surface area (Å²) in [6.07, 6.45) is -2.47. The molecule has 1 fully saturated rings. The fraction of sp³-hybridized carbons (Fsp3) is 0.400. The van der Waals surface area contributed by atoms with Gasteiger partial charge in [0.15, 0.2) is 0 Å². The van der Waals surface area contributed by atoms with Gasteiger partial charge >= 0.3 is 6.18 Å². The second kappa shape index (κ2) is 6.90. The van der Waals surface area contributed by atoms with Gasteiger partial charge in [-0.2, -0.15) is 13.2 Å². The molecule has 2 aromatic rings. The minimum atomic E-state index is -4.63. The van der Waals surface area contributed by atoms with E-state index in [1.807, 2.05) is 0 Å². The van der Waals surface area contributed by atoms with Gasteiger partial charge in [-0.25, -0.2) is 24.3 Å². The van der Waals surface area contributed by atoms with Gasteiger partial charge in [-0.05, 0) is 0 Å². The van der Waals surface area contributed by atoms with Crippen LogP contribution in [-0.4, -0.2) is 51.6 Å². The van der Waals surface area contributed by atoms with Crippen molar-refractivity contribution in [1.82, 2.24) is 25.3 Å². The molecule has 0 radical (unpaired) electrons. The Morgan fingerprint density at radius 1 is 1.23 bits per heavy atom. The molecule has 0 aromatic carbocycles. The molecule has 3 rings (SSSR count). The van der Waals surface area contributed by atoms with Gasteiger partial charge in [0, 0.05) is 44.0 Å². The lowest BCUT2D eigenvalue weighted by Crippen LogP contribution is -2.42. The number of carbonyl (C=O) groups is 1. The minimum Gasteiger partial charge on any atom is -0.303 e. The lowest BCUT2D eigenvalue weighted by molar-refractivity contribution is -0.145. The van der Waals surface area contributed by atoms with Gasteiger partial charge in [-0.1, -0.05) is 0 Å². The minimum absolute atomic E-state index is 0.0772. The average molecular weight is 370 g/mol. The molecular formula is C15H14F4N6O. The number of halogens is 4. The molecule has 2 atom stereocenters. The van der Waals surface area contributed by atoms with Crippen LogP contribution in [0.4, 0.5) is 23.4 Å². The molecule has 0 saturated carbocycles. The van der Waals surface area contributed by atoms with Crippen molar-refractivity contribution in [3.8, 4) is 11.3 Å². The van der Waals surface area contributed by atoms with Crippen LogP contribution in [0.2, 0.25) is 0 Å². The van der Waals surface area contributed by atoms with E-state index in [2.05, 4.69) is 25.3 Å². The number of rotatable bonds is 3. The Morgan fingerprint density at radius 2 is 1.92 bits per heavy atom. The largest absolute Gasteiger partial charge is 0.451 e. The lowest BCUT2D eigenvalue weighted by Gasteiger charge is -2.20. The summed E-state index contributed by atoms with van der Waals surface area (Å²) in [5, 5.41) is 2.79. The van der Waals surface area contributed by atoms with Crippen molar-refractivity contribution in [1.29, 1.82) is 0 Å². The maximum absolute atomic E-state index is 13.2. The number of likely N-dealkylation sites (N-methyl/N-ethyl adjacent to an activating group) is 1. The molecular weight excluding hydrogens is 356 g/mol. The number of nitrogens with zero attached hydrogens (tertiary/aromatic N) is 5. The van der Waals surface area contributed by atoms with Crippen LogP contribution >= 0.6 is 0 Å². The van der Waals surface area contributed by atoms with Gasteiger partial charge in [0.05, 0.1) is 11.7 Å². The van der Waals surface area contributed by atoms with Crippen LogP contribution in [0.1, 0.15) is 12.2 Å². The van der Waals surface area contributed by atoms with Crippen LogP contribution < -0.4 is 10.2 Å². The lowest BCUT2D eigenvalue weighted by atomic mass is 10.2. The van der Waals surface area contributed by atoms with E-state index in [-0.39, 0.29) is 35.9 Å². The number of amides is 1. The number of nitrogens with one attached hydrogen (secondary N) is 1. The summed E-state index contributed by atoms with van der Waals surface area (Å²) in [6.45, 7) is 0.113. The third-order valence-corrected chi connectivity index (χ3v) is 3.90. The maximum atomic E-state index is 13.2. The standard InChI is InChI=1S/C15H14F4N6O/c1-25(13(26)11-2-9(16)6-20-11)12-3-10(23-7-24-12)8-4-21-14(22-5-8)15(17,18)19/h3-5,7,9,11,20H,2,6H2,1H3/t9-,11+/m1/s1. The van der Waals surface area contributed by atoms with E-state index in [4.69, 9.17) is 0 Å². The maximum Gasteiger partial charge on any atom is 0.451 e. The molecule has 0 bridgehead atoms. The molecule has 1 N–H and O–H groups in total. The summed E-state index contributed by atoms with van der Waals surface area (Å²) < 4.78 is 50.8. The van der Waals surface area contributed by atoms with Crippen molar-refractivity contribution in [2.45, 2.75) is 24.8 Å². The molecule has 3 heterocycles. The van der Waals surface area contributed by atoms with Crippen LogP contribution in [0.15, 0.2) is 24.8 Å². The summed E-state index contributed by atoms with van der Waals surface area (Å²) >= 11 is 0. The van der Waals surface area contributed by atoms with Crippen LogP contribution in [-0.2, 0) is 11.0 Å². The van der Waals surface area contributed by atoms with E-state index < -0.39 is 24.2 Å². The number of aromatic nitrogens is 4. The Labute approximate surface area is 145 Å². The zero-order chi connectivity index (χ0) is 18.9. The smallest absolute Gasteiger partial charge is 0.303 e. The third-order valence-electron chi connectivity index (χ3n) is 3.90. The van der Waals surface area contributed by atoms with E-state index in [0.717, 1.165) is 12.4 Å². The predicted octanol–water partition coefficient (Wildman–Crippen LogP) is 1.62. The second-order valence-corrected chi connectivity index (χ2v) is 5.75. The number of carbonyl (C=O) groups excluding carboxylic acids is 1. The Bertz CT molecular complexity index is 797. The fourth-order valence-electron chi connectivity index (χ4n) is 2.52. The first-order valence-electron chi connectivity index (χ1n) is 7.62. The summed E-state index contributed by atoms with van der Waals surface area (Å²) in [6, 6.07) is 0.772. The molecule has 0 unspecified atom stereocenters. The molecule has 1 saturated heterocycles. The number of hydrogen-bond donors (Lipinski definition) is 1. The zero-order valence-electron chi connectivity index (χ0n) is 13.5. The Kier molecular flexibility index (Phi) is 4.81. The van der Waals surface area contributed by atoms with Gasteiger partial charge in [-0.15, -0.1) is 0 Å². The van der Waals surface area contributed by atoms with E-state index >= 15 is 0 Å². The normalized spacial score (nSPS) is 20.2. The first kappa shape index (κ1) is 18.1. The van der Waals surface area contributed by atoms with Gasteiger partial charge in [0.2, 0.25) is 11.7 Å². The molecule has 7 nitrogen and oxygen atoms in total. The molecule has 138 valence electrons. The molecule has 1 aliphatic rings. The topological polar surface area (TPSA) is 83.9 Å². The van der Waals surface area contributed by atoms with Crippen LogP contribution in [0.5, 0.6) is 0 Å². The third kappa shape index (κ3) is 3.77. The highest BCUT2D eigenvalue weighted by Gasteiger charge is 2.34. The van der Waals surface area contributed by atoms with E-state index in [1.54, 1.807) is 0 Å². The Morgan fingerprint density at radius 3 is 2.50 bits per heavy atom. The monoisotopic (exact) mass is 370 g/mol. The SMILES string of the molecule is CN(C(=O)[C@@H]1C[C@@H](F)CN1)c1cc(-c2cnc(C(F)(F)F)nc2)ncn1. The average Bonchev–Trinajstić information content (AvgIpc) is 3.06. The van der Waals surface area contributed by atoms with Gasteiger partial charge in [-0.3, -0.25) is 9.69 Å². The van der Waals surface area contributed by atoms with Crippen LogP contribution in [0.3, 0.4) is 0 Å². The molecule has 26 heavy (non-hydrogen) atoms. The van der Waals surface area contributed by atoms with E-state index in [0.29, 0.717) is 0 Å². The molecule has 0 aliphatic carbocycles. The number of hydrogen-bond acceptors (Lipinski definition) is 6. The van der Waals surface area contributed by atoms with E-state index in [1.165, 1.54) is 24.3 Å². The Balaban J connectivity index is 1.80. The van der Waals surface area contributed by atoms with Crippen molar-refractivity contribution < 1.29 is 22.4 Å². The first-order valence-corrected chi connectivity index (χ1v) is 7.62. The first-order chi connectivity index (χ1) is 12.3. The quantitative estimate of drug-likeness (QED) is 0.827. The molecule has 1 amide bonds. The predicted molar refractivity (Wildman–Crippen MR) is 82.8 cm³/mol. The van der Waals surface area contributed by atoms with Crippen molar-refractivity contribution >= 4 is 11.7 Å². The zero-order valence-corrected chi connectivity index (χ0v) is 13.5. The van der Waals surface area contributed by atoms with Crippen molar-refractivity contribution in [3.63, 3.8) is 0 Å². The van der Waals surface area contributed by atoms with Crippen LogP contribution in [0.25, 0.3) is 11.3 Å². The molecule has 1 aliphatic heterocycles. The number of alkyl halides is 4. The highest BCUT2D eigenvalue weighted by molar-refractivity contribution is 5.96. The van der Waals surface area contributed by atoms with Crippen molar-refractivity contribution in [3.05, 3.63) is 30.6 Å². The van der Waals surface area contributed by atoms with Crippen LogP contribution in [0, 0.1) is 0 Å². The molecule has 2 aromatic heterocycles.